The number of rotatable bonds is 3. The topological polar surface area (TPSA) is 15.5 Å². The van der Waals surface area contributed by atoms with Crippen molar-refractivity contribution < 1.29 is 4.84 Å². The van der Waals surface area contributed by atoms with Crippen LogP contribution in [0.3, 0.4) is 0 Å². The molecule has 1 rings (SSSR count). The fourth-order valence-electron chi connectivity index (χ4n) is 0.780. The molecule has 1 heterocycles. The third-order valence-corrected chi connectivity index (χ3v) is 1.37. The quantitative estimate of drug-likeness (QED) is 0.517. The highest BCUT2D eigenvalue weighted by atomic mass is 16.8. The first-order chi connectivity index (χ1) is 3.84. The Balaban J connectivity index is 2.03. The Bertz CT molecular complexity index is 70.9. The molecule has 1 aliphatic heterocycles. The van der Waals surface area contributed by atoms with Crippen molar-refractivity contribution in [2.24, 2.45) is 0 Å². The summed E-state index contributed by atoms with van der Waals surface area (Å²) in [5.74, 6) is 0. The second-order valence-electron chi connectivity index (χ2n) is 2.21. The van der Waals surface area contributed by atoms with Gasteiger partial charge in [-0.15, -0.1) is 5.06 Å². The molecule has 0 aromatic rings. The van der Waals surface area contributed by atoms with Crippen molar-refractivity contribution in [3.63, 3.8) is 0 Å². The number of hydroxylamine groups is 2. The van der Waals surface area contributed by atoms with E-state index in [1.807, 2.05) is 5.06 Å². The zero-order valence-corrected chi connectivity index (χ0v) is 5.42. The molecule has 0 N–H and O–H groups in total. The van der Waals surface area contributed by atoms with Crippen molar-refractivity contribution in [2.45, 2.75) is 32.7 Å². The van der Waals surface area contributed by atoms with Crippen LogP contribution in [0.1, 0.15) is 26.7 Å². The molecular formula is C6H12NO. The van der Waals surface area contributed by atoms with E-state index in [-0.39, 0.29) is 0 Å². The van der Waals surface area contributed by atoms with Gasteiger partial charge in [0.1, 0.15) is 0 Å². The van der Waals surface area contributed by atoms with Crippen LogP contribution in [-0.4, -0.2) is 11.1 Å². The monoisotopic (exact) mass is 114 g/mol. The lowest BCUT2D eigenvalue weighted by molar-refractivity contribution is 0.149. The van der Waals surface area contributed by atoms with Gasteiger partial charge in [-0.05, 0) is 13.3 Å². The second-order valence-corrected chi connectivity index (χ2v) is 2.21. The first-order valence-electron chi connectivity index (χ1n) is 3.13. The molecule has 0 aromatic heterocycles. The van der Waals surface area contributed by atoms with Crippen LogP contribution in [-0.2, 0) is 4.84 Å². The molecule has 0 aromatic carbocycles. The molecule has 0 aliphatic carbocycles. The van der Waals surface area contributed by atoms with Crippen molar-refractivity contribution in [1.29, 1.82) is 0 Å². The van der Waals surface area contributed by atoms with E-state index < -0.39 is 0 Å². The van der Waals surface area contributed by atoms with Gasteiger partial charge < -0.3 is 0 Å². The largest absolute Gasteiger partial charge is 0.270 e. The highest BCUT2D eigenvalue weighted by Gasteiger charge is 2.25. The van der Waals surface area contributed by atoms with E-state index in [4.69, 9.17) is 4.84 Å². The normalized spacial score (nSPS) is 30.0. The average Bonchev–Trinajstić information content (AvgIpc) is 2.45. The zero-order chi connectivity index (χ0) is 5.98. The lowest BCUT2D eigenvalue weighted by Gasteiger charge is -2.04. The van der Waals surface area contributed by atoms with Gasteiger partial charge in [-0.2, -0.15) is 0 Å². The number of hydrogen-bond donors (Lipinski definition) is 0. The minimum atomic E-state index is 0.583. The zero-order valence-electron chi connectivity index (χ0n) is 5.42. The Morgan fingerprint density at radius 1 is 1.75 bits per heavy atom. The Kier molecular flexibility index (Phi) is 1.86. The first-order valence-corrected chi connectivity index (χ1v) is 3.13. The summed E-state index contributed by atoms with van der Waals surface area (Å²) in [7, 11) is 0. The Morgan fingerprint density at radius 2 is 2.38 bits per heavy atom. The van der Waals surface area contributed by atoms with E-state index in [1.165, 1.54) is 12.8 Å². The third kappa shape index (κ3) is 1.46. The molecule has 2 nitrogen and oxygen atoms in total. The first kappa shape index (κ1) is 6.05. The molecule has 0 spiro atoms. The summed E-state index contributed by atoms with van der Waals surface area (Å²) in [6, 6.07) is 0.583. The predicted octanol–water partition coefficient (Wildman–Crippen LogP) is 1.54. The minimum absolute atomic E-state index is 0.583. The van der Waals surface area contributed by atoms with Crippen molar-refractivity contribution in [3.05, 3.63) is 6.73 Å². The molecule has 1 fully saturated rings. The summed E-state index contributed by atoms with van der Waals surface area (Å²) in [6.07, 6.45) is 2.45. The number of nitrogens with zero attached hydrogens (tertiary/aromatic N) is 1. The molecule has 1 radical (unpaired) electrons. The Labute approximate surface area is 50.4 Å². The summed E-state index contributed by atoms with van der Waals surface area (Å²) in [5.41, 5.74) is 0. The van der Waals surface area contributed by atoms with Gasteiger partial charge in [0.25, 0.3) is 0 Å². The lowest BCUT2D eigenvalue weighted by atomic mass is 10.2. The molecular weight excluding hydrogens is 102 g/mol. The third-order valence-electron chi connectivity index (χ3n) is 1.37. The highest BCUT2D eigenvalue weighted by molar-refractivity contribution is 4.68. The SMILES string of the molecule is CCCC(C)N1[CH]O1. The highest BCUT2D eigenvalue weighted by Crippen LogP contribution is 2.20. The van der Waals surface area contributed by atoms with E-state index >= 15 is 0 Å². The predicted molar refractivity (Wildman–Crippen MR) is 31.6 cm³/mol. The van der Waals surface area contributed by atoms with Gasteiger partial charge >= 0.3 is 0 Å². The molecule has 2 atom stereocenters. The molecule has 0 amide bonds. The second kappa shape index (κ2) is 2.46. The van der Waals surface area contributed by atoms with Gasteiger partial charge in [0, 0.05) is 6.04 Å². The molecule has 1 aliphatic rings. The van der Waals surface area contributed by atoms with Crippen LogP contribution in [0.2, 0.25) is 0 Å². The standard InChI is InChI=1S/C6H12NO/c1-3-4-6(2)7-5-8-7/h5-6H,3-4H2,1-2H3. The molecule has 0 bridgehead atoms. The summed E-state index contributed by atoms with van der Waals surface area (Å²) < 4.78 is 0. The van der Waals surface area contributed by atoms with Crippen molar-refractivity contribution >= 4 is 0 Å². The van der Waals surface area contributed by atoms with Crippen molar-refractivity contribution in [1.82, 2.24) is 5.06 Å². The van der Waals surface area contributed by atoms with E-state index in [9.17, 15) is 0 Å². The van der Waals surface area contributed by atoms with Crippen LogP contribution < -0.4 is 0 Å². The van der Waals surface area contributed by atoms with E-state index in [0.29, 0.717) is 6.04 Å². The van der Waals surface area contributed by atoms with E-state index in [0.717, 1.165) is 0 Å². The average molecular weight is 114 g/mol. The van der Waals surface area contributed by atoms with Crippen LogP contribution in [0.4, 0.5) is 0 Å². The maximum atomic E-state index is 4.83. The molecule has 8 heavy (non-hydrogen) atoms. The van der Waals surface area contributed by atoms with E-state index in [2.05, 4.69) is 13.8 Å². The van der Waals surface area contributed by atoms with Gasteiger partial charge in [0.2, 0.25) is 0 Å². The maximum Gasteiger partial charge on any atom is 0.198 e. The molecule has 47 valence electrons. The molecule has 0 saturated carbocycles. The van der Waals surface area contributed by atoms with Crippen LogP contribution in [0.25, 0.3) is 0 Å². The summed E-state index contributed by atoms with van der Waals surface area (Å²) in [5, 5.41) is 1.88. The Hall–Kier alpha value is -0.0800. The van der Waals surface area contributed by atoms with Crippen molar-refractivity contribution in [3.8, 4) is 0 Å². The van der Waals surface area contributed by atoms with Gasteiger partial charge in [-0.3, -0.25) is 4.84 Å². The molecule has 2 unspecified atom stereocenters. The van der Waals surface area contributed by atoms with Crippen LogP contribution >= 0.6 is 0 Å². The van der Waals surface area contributed by atoms with Gasteiger partial charge in [0.15, 0.2) is 6.73 Å². The van der Waals surface area contributed by atoms with E-state index in [1.54, 1.807) is 6.73 Å². The van der Waals surface area contributed by atoms with Crippen molar-refractivity contribution in [2.75, 3.05) is 0 Å². The van der Waals surface area contributed by atoms with Crippen LogP contribution in [0.15, 0.2) is 0 Å². The van der Waals surface area contributed by atoms with Gasteiger partial charge in [0.05, 0.1) is 0 Å². The van der Waals surface area contributed by atoms with Gasteiger partial charge in [-0.25, -0.2) is 0 Å². The maximum absolute atomic E-state index is 4.83. The van der Waals surface area contributed by atoms with Crippen LogP contribution in [0, 0.1) is 6.73 Å². The summed E-state index contributed by atoms with van der Waals surface area (Å²) >= 11 is 0. The fourth-order valence-corrected chi connectivity index (χ4v) is 0.780. The molecule has 2 heteroatoms. The lowest BCUT2D eigenvalue weighted by Crippen LogP contribution is -2.11. The minimum Gasteiger partial charge on any atom is -0.270 e. The summed E-state index contributed by atoms with van der Waals surface area (Å²) in [4.78, 5) is 4.83. The van der Waals surface area contributed by atoms with Gasteiger partial charge in [-0.1, -0.05) is 13.3 Å². The molecule has 1 saturated heterocycles. The Morgan fingerprint density at radius 3 is 2.75 bits per heavy atom. The number of hydrogen-bond acceptors (Lipinski definition) is 2. The van der Waals surface area contributed by atoms with Crippen LogP contribution in [0.5, 0.6) is 0 Å². The summed E-state index contributed by atoms with van der Waals surface area (Å²) in [6.45, 7) is 6.09. The fraction of sp³-hybridized carbons (Fsp3) is 0.833. The smallest absolute Gasteiger partial charge is 0.198 e.